The van der Waals surface area contributed by atoms with Crippen molar-refractivity contribution >= 4 is 11.1 Å². The second kappa shape index (κ2) is 4.93. The average Bonchev–Trinajstić information content (AvgIpc) is 2.65. The number of hydrogen-bond donors (Lipinski definition) is 3. The summed E-state index contributed by atoms with van der Waals surface area (Å²) in [5.41, 5.74) is 7.52. The molecule has 18 heavy (non-hydrogen) atoms. The second-order valence-electron chi connectivity index (χ2n) is 4.22. The zero-order chi connectivity index (χ0) is 13.3. The predicted octanol–water partition coefficient (Wildman–Crippen LogP) is -0.288. The first-order chi connectivity index (χ1) is 8.58. The van der Waals surface area contributed by atoms with Crippen molar-refractivity contribution in [2.45, 2.75) is 12.1 Å². The monoisotopic (exact) mass is 251 g/mol. The fourth-order valence-corrected chi connectivity index (χ4v) is 2.06. The van der Waals surface area contributed by atoms with E-state index in [2.05, 4.69) is 5.32 Å². The summed E-state index contributed by atoms with van der Waals surface area (Å²) in [6.45, 7) is 0.155. The summed E-state index contributed by atoms with van der Waals surface area (Å²) in [5.74, 6) is -0.400. The van der Waals surface area contributed by atoms with Crippen LogP contribution in [0.5, 0.6) is 0 Å². The fraction of sp³-hybridized carbons (Fsp3) is 0.417. The number of nitrogens with one attached hydrogen (secondary N) is 1. The van der Waals surface area contributed by atoms with Crippen LogP contribution in [0.2, 0.25) is 0 Å². The highest BCUT2D eigenvalue weighted by Crippen LogP contribution is 2.21. The Bertz CT molecular complexity index is 602. The van der Waals surface area contributed by atoms with E-state index in [0.717, 1.165) is 11.1 Å². The molecular weight excluding hydrogens is 234 g/mol. The van der Waals surface area contributed by atoms with Crippen LogP contribution in [0.25, 0.3) is 11.1 Å². The van der Waals surface area contributed by atoms with Crippen LogP contribution in [-0.4, -0.2) is 29.4 Å². The summed E-state index contributed by atoms with van der Waals surface area (Å²) in [6, 6.07) is 5.10. The number of aromatic nitrogens is 1. The van der Waals surface area contributed by atoms with Gasteiger partial charge in [-0.3, -0.25) is 4.57 Å². The maximum absolute atomic E-state index is 11.4. The van der Waals surface area contributed by atoms with Crippen molar-refractivity contribution in [1.82, 2.24) is 9.88 Å². The molecule has 98 valence electrons. The summed E-state index contributed by atoms with van der Waals surface area (Å²) in [7, 11) is 3.40. The van der Waals surface area contributed by atoms with E-state index in [-0.39, 0.29) is 12.6 Å². The van der Waals surface area contributed by atoms with Gasteiger partial charge in [-0.1, -0.05) is 6.07 Å². The average molecular weight is 251 g/mol. The summed E-state index contributed by atoms with van der Waals surface area (Å²) in [5, 5.41) is 12.8. The largest absolute Gasteiger partial charge is 0.419 e. The number of oxazole rings is 1. The molecule has 2 atom stereocenters. The zero-order valence-corrected chi connectivity index (χ0v) is 10.4. The van der Waals surface area contributed by atoms with Gasteiger partial charge < -0.3 is 20.6 Å². The third-order valence-electron chi connectivity index (χ3n) is 3.11. The summed E-state index contributed by atoms with van der Waals surface area (Å²) in [4.78, 5) is 11.4. The molecule has 0 aliphatic carbocycles. The normalized spacial score (nSPS) is 14.9. The van der Waals surface area contributed by atoms with E-state index in [1.807, 2.05) is 6.07 Å². The summed E-state index contributed by atoms with van der Waals surface area (Å²) < 4.78 is 6.55. The highest BCUT2D eigenvalue weighted by atomic mass is 16.4. The minimum absolute atomic E-state index is 0.155. The SMILES string of the molecule is CNC(c1ccc2c(c1)oc(=O)n2C)C(O)CN. The number of hydrogen-bond acceptors (Lipinski definition) is 5. The Labute approximate surface area is 104 Å². The van der Waals surface area contributed by atoms with Gasteiger partial charge in [-0.15, -0.1) is 0 Å². The van der Waals surface area contributed by atoms with E-state index in [0.29, 0.717) is 5.58 Å². The van der Waals surface area contributed by atoms with Gasteiger partial charge in [0.05, 0.1) is 17.7 Å². The summed E-state index contributed by atoms with van der Waals surface area (Å²) >= 11 is 0. The minimum atomic E-state index is -0.692. The molecular formula is C12H17N3O3. The standard InChI is InChI=1S/C12H17N3O3/c1-14-11(9(16)6-13)7-3-4-8-10(5-7)18-12(17)15(8)2/h3-5,9,11,14,16H,6,13H2,1-2H3. The third kappa shape index (κ3) is 2.05. The van der Waals surface area contributed by atoms with Crippen LogP contribution in [0.4, 0.5) is 0 Å². The molecule has 2 unspecified atom stereocenters. The van der Waals surface area contributed by atoms with Gasteiger partial charge in [0.15, 0.2) is 5.58 Å². The molecule has 0 amide bonds. The van der Waals surface area contributed by atoms with Crippen LogP contribution < -0.4 is 16.8 Å². The van der Waals surface area contributed by atoms with E-state index in [1.165, 1.54) is 4.57 Å². The highest BCUT2D eigenvalue weighted by molar-refractivity contribution is 5.73. The number of aliphatic hydroxyl groups excluding tert-OH is 1. The van der Waals surface area contributed by atoms with Gasteiger partial charge in [-0.05, 0) is 24.7 Å². The first-order valence-corrected chi connectivity index (χ1v) is 5.73. The molecule has 0 radical (unpaired) electrons. The minimum Gasteiger partial charge on any atom is -0.408 e. The molecule has 1 aromatic heterocycles. The Morgan fingerprint density at radius 2 is 2.28 bits per heavy atom. The van der Waals surface area contributed by atoms with Gasteiger partial charge in [0.2, 0.25) is 0 Å². The second-order valence-corrected chi connectivity index (χ2v) is 4.22. The van der Waals surface area contributed by atoms with Crippen LogP contribution in [0.1, 0.15) is 11.6 Å². The highest BCUT2D eigenvalue weighted by Gasteiger charge is 2.19. The van der Waals surface area contributed by atoms with E-state index < -0.39 is 11.9 Å². The van der Waals surface area contributed by atoms with E-state index in [1.54, 1.807) is 26.2 Å². The predicted molar refractivity (Wildman–Crippen MR) is 68.3 cm³/mol. The number of nitrogens with two attached hydrogens (primary N) is 1. The first kappa shape index (κ1) is 12.8. The Morgan fingerprint density at radius 3 is 2.89 bits per heavy atom. The molecule has 0 saturated carbocycles. The first-order valence-electron chi connectivity index (χ1n) is 5.73. The van der Waals surface area contributed by atoms with Gasteiger partial charge >= 0.3 is 5.76 Å². The number of benzene rings is 1. The number of nitrogens with zero attached hydrogens (tertiary/aromatic N) is 1. The lowest BCUT2D eigenvalue weighted by Crippen LogP contribution is -2.34. The molecule has 0 aliphatic heterocycles. The Hall–Kier alpha value is -1.63. The quantitative estimate of drug-likeness (QED) is 0.694. The van der Waals surface area contributed by atoms with Crippen molar-refractivity contribution in [2.24, 2.45) is 12.8 Å². The van der Waals surface area contributed by atoms with Gasteiger partial charge in [0.25, 0.3) is 0 Å². The molecule has 1 heterocycles. The maximum Gasteiger partial charge on any atom is 0.419 e. The van der Waals surface area contributed by atoms with Crippen LogP contribution >= 0.6 is 0 Å². The lowest BCUT2D eigenvalue weighted by Gasteiger charge is -2.21. The molecule has 2 aromatic rings. The van der Waals surface area contributed by atoms with Gasteiger partial charge in [-0.2, -0.15) is 0 Å². The smallest absolute Gasteiger partial charge is 0.408 e. The Balaban J connectivity index is 2.49. The molecule has 6 heteroatoms. The zero-order valence-electron chi connectivity index (χ0n) is 10.4. The summed E-state index contributed by atoms with van der Waals surface area (Å²) in [6.07, 6.45) is -0.692. The van der Waals surface area contributed by atoms with Crippen molar-refractivity contribution in [3.8, 4) is 0 Å². The van der Waals surface area contributed by atoms with Gasteiger partial charge in [0, 0.05) is 13.6 Å². The molecule has 4 N–H and O–H groups in total. The molecule has 0 saturated heterocycles. The van der Waals surface area contributed by atoms with Gasteiger partial charge in [-0.25, -0.2) is 4.79 Å². The number of fused-ring (bicyclic) bond motifs is 1. The molecule has 2 rings (SSSR count). The van der Waals surface area contributed by atoms with E-state index in [9.17, 15) is 9.90 Å². The number of likely N-dealkylation sites (N-methyl/N-ethyl adjacent to an activating group) is 1. The fourth-order valence-electron chi connectivity index (χ4n) is 2.06. The molecule has 6 nitrogen and oxygen atoms in total. The van der Waals surface area contributed by atoms with Gasteiger partial charge in [0.1, 0.15) is 0 Å². The van der Waals surface area contributed by atoms with Crippen LogP contribution in [-0.2, 0) is 7.05 Å². The number of aliphatic hydroxyl groups is 1. The third-order valence-corrected chi connectivity index (χ3v) is 3.11. The lowest BCUT2D eigenvalue weighted by molar-refractivity contribution is 0.139. The van der Waals surface area contributed by atoms with Crippen molar-refractivity contribution in [2.75, 3.05) is 13.6 Å². The van der Waals surface area contributed by atoms with Crippen LogP contribution in [0, 0.1) is 0 Å². The molecule has 0 fully saturated rings. The van der Waals surface area contributed by atoms with E-state index in [4.69, 9.17) is 10.2 Å². The maximum atomic E-state index is 11.4. The molecule has 0 aliphatic rings. The van der Waals surface area contributed by atoms with Crippen molar-refractivity contribution in [3.05, 3.63) is 34.3 Å². The van der Waals surface area contributed by atoms with Crippen molar-refractivity contribution < 1.29 is 9.52 Å². The Morgan fingerprint density at radius 1 is 1.56 bits per heavy atom. The van der Waals surface area contributed by atoms with Crippen molar-refractivity contribution in [1.29, 1.82) is 0 Å². The Kier molecular flexibility index (Phi) is 3.51. The van der Waals surface area contributed by atoms with Crippen LogP contribution in [0.15, 0.2) is 27.4 Å². The number of rotatable bonds is 4. The van der Waals surface area contributed by atoms with E-state index >= 15 is 0 Å². The molecule has 0 spiro atoms. The van der Waals surface area contributed by atoms with Crippen molar-refractivity contribution in [3.63, 3.8) is 0 Å². The molecule has 0 bridgehead atoms. The molecule has 1 aromatic carbocycles. The topological polar surface area (TPSA) is 93.4 Å². The number of aryl methyl sites for hydroxylation is 1. The van der Waals surface area contributed by atoms with Crippen LogP contribution in [0.3, 0.4) is 0 Å². The lowest BCUT2D eigenvalue weighted by atomic mass is 10.0.